The van der Waals surface area contributed by atoms with Crippen LogP contribution in [0, 0.1) is 19.7 Å². The van der Waals surface area contributed by atoms with Crippen LogP contribution in [-0.4, -0.2) is 4.99 Å². The number of hydrogen-bond donors (Lipinski definition) is 1. The molecule has 2 nitrogen and oxygen atoms in total. The van der Waals surface area contributed by atoms with Gasteiger partial charge in [-0.05, 0) is 43.2 Å². The van der Waals surface area contributed by atoms with Gasteiger partial charge in [0.25, 0.3) is 0 Å². The van der Waals surface area contributed by atoms with Crippen LogP contribution in [0.15, 0.2) is 36.4 Å². The minimum absolute atomic E-state index is 0.232. The summed E-state index contributed by atoms with van der Waals surface area (Å²) in [5.74, 6) is 0.482. The topological polar surface area (TPSA) is 35.2 Å². The average Bonchev–Trinajstić information content (AvgIpc) is 2.37. The predicted octanol–water partition coefficient (Wildman–Crippen LogP) is 3.66. The van der Waals surface area contributed by atoms with E-state index in [0.717, 1.165) is 16.9 Å². The molecule has 0 spiro atoms. The zero-order chi connectivity index (χ0) is 14.7. The van der Waals surface area contributed by atoms with Gasteiger partial charge in [-0.2, -0.15) is 0 Å². The lowest BCUT2D eigenvalue weighted by Gasteiger charge is -2.14. The van der Waals surface area contributed by atoms with Crippen molar-refractivity contribution in [2.75, 3.05) is 0 Å². The Kier molecular flexibility index (Phi) is 4.35. The van der Waals surface area contributed by atoms with E-state index < -0.39 is 0 Å². The fraction of sp³-hybridized carbons (Fsp3) is 0.188. The summed E-state index contributed by atoms with van der Waals surface area (Å²) in [7, 11) is 0. The summed E-state index contributed by atoms with van der Waals surface area (Å²) in [5, 5.41) is 0. The van der Waals surface area contributed by atoms with E-state index in [9.17, 15) is 4.39 Å². The highest BCUT2D eigenvalue weighted by Gasteiger charge is 2.09. The van der Waals surface area contributed by atoms with Gasteiger partial charge in [-0.15, -0.1) is 0 Å². The Morgan fingerprint density at radius 2 is 1.85 bits per heavy atom. The Morgan fingerprint density at radius 3 is 2.45 bits per heavy atom. The highest BCUT2D eigenvalue weighted by molar-refractivity contribution is 7.80. The molecule has 2 N–H and O–H groups in total. The molecule has 0 saturated carbocycles. The van der Waals surface area contributed by atoms with Gasteiger partial charge in [0.15, 0.2) is 0 Å². The van der Waals surface area contributed by atoms with Crippen molar-refractivity contribution < 1.29 is 9.13 Å². The number of hydrogen-bond acceptors (Lipinski definition) is 2. The standard InChI is InChI=1S/C16H16FNOS/c1-10-4-3-5-11(2)15(10)19-9-12-8-13(17)6-7-14(12)16(18)20/h3-8H,9H2,1-2H3,(H2,18,20). The minimum atomic E-state index is -0.329. The van der Waals surface area contributed by atoms with Crippen molar-refractivity contribution >= 4 is 17.2 Å². The molecule has 0 unspecified atom stereocenters. The smallest absolute Gasteiger partial charge is 0.125 e. The van der Waals surface area contributed by atoms with Gasteiger partial charge in [-0.3, -0.25) is 0 Å². The van der Waals surface area contributed by atoms with E-state index >= 15 is 0 Å². The maximum Gasteiger partial charge on any atom is 0.125 e. The van der Waals surface area contributed by atoms with E-state index in [1.54, 1.807) is 6.07 Å². The van der Waals surface area contributed by atoms with Crippen LogP contribution < -0.4 is 10.5 Å². The number of thiocarbonyl (C=S) groups is 1. The van der Waals surface area contributed by atoms with Crippen molar-refractivity contribution in [3.05, 3.63) is 64.5 Å². The van der Waals surface area contributed by atoms with Gasteiger partial charge >= 0.3 is 0 Å². The third-order valence-electron chi connectivity index (χ3n) is 3.11. The largest absolute Gasteiger partial charge is 0.488 e. The molecule has 104 valence electrons. The molecule has 2 aromatic rings. The molecule has 0 radical (unpaired) electrons. The van der Waals surface area contributed by atoms with Gasteiger partial charge in [0, 0.05) is 11.1 Å². The van der Waals surface area contributed by atoms with Crippen LogP contribution >= 0.6 is 12.2 Å². The summed E-state index contributed by atoms with van der Waals surface area (Å²) in [6.07, 6.45) is 0. The first-order valence-corrected chi connectivity index (χ1v) is 6.67. The maximum atomic E-state index is 13.4. The Morgan fingerprint density at radius 1 is 1.20 bits per heavy atom. The van der Waals surface area contributed by atoms with Crippen molar-refractivity contribution in [2.24, 2.45) is 5.73 Å². The number of rotatable bonds is 4. The Labute approximate surface area is 123 Å². The first-order chi connectivity index (χ1) is 9.49. The van der Waals surface area contributed by atoms with Crippen molar-refractivity contribution in [2.45, 2.75) is 20.5 Å². The molecule has 0 aliphatic rings. The summed E-state index contributed by atoms with van der Waals surface area (Å²) in [5.41, 5.74) is 9.03. The lowest BCUT2D eigenvalue weighted by atomic mass is 10.1. The summed E-state index contributed by atoms with van der Waals surface area (Å²) in [6, 6.07) is 10.3. The van der Waals surface area contributed by atoms with E-state index in [1.807, 2.05) is 32.0 Å². The third kappa shape index (κ3) is 3.14. The molecule has 0 aliphatic carbocycles. The number of para-hydroxylation sites is 1. The van der Waals surface area contributed by atoms with E-state index in [0.29, 0.717) is 11.1 Å². The fourth-order valence-corrected chi connectivity index (χ4v) is 2.30. The molecule has 0 amide bonds. The lowest BCUT2D eigenvalue weighted by Crippen LogP contribution is -2.14. The van der Waals surface area contributed by atoms with Gasteiger partial charge in [-0.25, -0.2) is 4.39 Å². The van der Waals surface area contributed by atoms with Gasteiger partial charge in [0.1, 0.15) is 23.2 Å². The van der Waals surface area contributed by atoms with E-state index in [-0.39, 0.29) is 17.4 Å². The number of ether oxygens (including phenoxy) is 1. The van der Waals surface area contributed by atoms with Gasteiger partial charge in [-0.1, -0.05) is 30.4 Å². The maximum absolute atomic E-state index is 13.4. The molecular formula is C16H16FNOS. The van der Waals surface area contributed by atoms with Crippen LogP contribution in [0.5, 0.6) is 5.75 Å². The molecule has 0 aromatic heterocycles. The molecule has 2 rings (SSSR count). The van der Waals surface area contributed by atoms with Crippen LogP contribution in [0.4, 0.5) is 4.39 Å². The van der Waals surface area contributed by atoms with Gasteiger partial charge < -0.3 is 10.5 Å². The number of nitrogens with two attached hydrogens (primary N) is 1. The minimum Gasteiger partial charge on any atom is -0.488 e. The fourth-order valence-electron chi connectivity index (χ4n) is 2.10. The molecular weight excluding hydrogens is 273 g/mol. The molecule has 0 heterocycles. The summed E-state index contributed by atoms with van der Waals surface area (Å²) in [6.45, 7) is 4.18. The first kappa shape index (κ1) is 14.5. The highest BCUT2D eigenvalue weighted by atomic mass is 32.1. The summed E-state index contributed by atoms with van der Waals surface area (Å²) < 4.78 is 19.2. The molecule has 4 heteroatoms. The van der Waals surface area contributed by atoms with Gasteiger partial charge in [0.05, 0.1) is 0 Å². The third-order valence-corrected chi connectivity index (χ3v) is 3.33. The van der Waals surface area contributed by atoms with Crippen LogP contribution in [-0.2, 0) is 6.61 Å². The van der Waals surface area contributed by atoms with Crippen LogP contribution in [0.3, 0.4) is 0 Å². The molecule has 2 aromatic carbocycles. The Bertz CT molecular complexity index is 635. The van der Waals surface area contributed by atoms with E-state index in [2.05, 4.69) is 0 Å². The van der Waals surface area contributed by atoms with Gasteiger partial charge in [0.2, 0.25) is 0 Å². The van der Waals surface area contributed by atoms with Crippen molar-refractivity contribution in [1.29, 1.82) is 0 Å². The van der Waals surface area contributed by atoms with Crippen LogP contribution in [0.2, 0.25) is 0 Å². The molecule has 0 bridgehead atoms. The van der Waals surface area contributed by atoms with Crippen molar-refractivity contribution in [1.82, 2.24) is 0 Å². The van der Waals surface area contributed by atoms with Crippen LogP contribution in [0.25, 0.3) is 0 Å². The second kappa shape index (κ2) is 6.01. The van der Waals surface area contributed by atoms with E-state index in [4.69, 9.17) is 22.7 Å². The van der Waals surface area contributed by atoms with Crippen molar-refractivity contribution in [3.8, 4) is 5.75 Å². The zero-order valence-electron chi connectivity index (χ0n) is 11.4. The van der Waals surface area contributed by atoms with E-state index in [1.165, 1.54) is 12.1 Å². The Balaban J connectivity index is 2.27. The molecule has 0 aliphatic heterocycles. The second-order valence-electron chi connectivity index (χ2n) is 4.68. The normalized spacial score (nSPS) is 10.3. The lowest BCUT2D eigenvalue weighted by molar-refractivity contribution is 0.301. The molecule has 20 heavy (non-hydrogen) atoms. The number of halogens is 1. The van der Waals surface area contributed by atoms with Crippen molar-refractivity contribution in [3.63, 3.8) is 0 Å². The molecule has 0 fully saturated rings. The highest BCUT2D eigenvalue weighted by Crippen LogP contribution is 2.24. The second-order valence-corrected chi connectivity index (χ2v) is 5.12. The monoisotopic (exact) mass is 289 g/mol. The number of aryl methyl sites for hydroxylation is 2. The zero-order valence-corrected chi connectivity index (χ0v) is 12.3. The molecule has 0 saturated heterocycles. The summed E-state index contributed by atoms with van der Waals surface area (Å²) >= 11 is 4.98. The SMILES string of the molecule is Cc1cccc(C)c1OCc1cc(F)ccc1C(N)=S. The predicted molar refractivity (Wildman–Crippen MR) is 82.5 cm³/mol. The van der Waals surface area contributed by atoms with Crippen LogP contribution in [0.1, 0.15) is 22.3 Å². The Hall–Kier alpha value is -1.94. The summed E-state index contributed by atoms with van der Waals surface area (Å²) in [4.78, 5) is 0.241. The number of benzene rings is 2. The molecule has 0 atom stereocenters. The quantitative estimate of drug-likeness (QED) is 0.873. The first-order valence-electron chi connectivity index (χ1n) is 6.26. The average molecular weight is 289 g/mol.